The maximum absolute atomic E-state index is 13.5. The molecular formula is C17H16FN5O2. The average Bonchev–Trinajstić information content (AvgIpc) is 3.10. The summed E-state index contributed by atoms with van der Waals surface area (Å²) in [5.74, 6) is -0.234. The van der Waals surface area contributed by atoms with Gasteiger partial charge in [-0.15, -0.1) is 5.10 Å². The van der Waals surface area contributed by atoms with E-state index in [1.165, 1.54) is 12.1 Å². The molecule has 0 saturated carbocycles. The number of ether oxygens (including phenoxy) is 1. The summed E-state index contributed by atoms with van der Waals surface area (Å²) in [5.41, 5.74) is 1.18. The fraction of sp³-hybridized carbons (Fsp3) is 0.176. The normalized spacial score (nSPS) is 10.5. The second kappa shape index (κ2) is 7.52. The highest BCUT2D eigenvalue weighted by molar-refractivity contribution is 5.93. The summed E-state index contributed by atoms with van der Waals surface area (Å²) in [4.78, 5) is 12.2. The summed E-state index contributed by atoms with van der Waals surface area (Å²) < 4.78 is 20.3. The van der Waals surface area contributed by atoms with Crippen LogP contribution in [0, 0.1) is 5.82 Å². The molecule has 128 valence electrons. The highest BCUT2D eigenvalue weighted by atomic mass is 19.1. The lowest BCUT2D eigenvalue weighted by molar-refractivity contribution is -0.118. The topological polar surface area (TPSA) is 81.9 Å². The largest absolute Gasteiger partial charge is 0.481 e. The van der Waals surface area contributed by atoms with Crippen LogP contribution in [0.1, 0.15) is 12.7 Å². The number of para-hydroxylation sites is 3. The molecule has 0 aliphatic rings. The number of hydrogen-bond acceptors (Lipinski definition) is 5. The molecule has 0 spiro atoms. The Morgan fingerprint density at radius 3 is 2.76 bits per heavy atom. The molecule has 0 fully saturated rings. The van der Waals surface area contributed by atoms with E-state index in [1.54, 1.807) is 35.0 Å². The summed E-state index contributed by atoms with van der Waals surface area (Å²) in [7, 11) is 0. The van der Waals surface area contributed by atoms with Crippen LogP contribution in [-0.4, -0.2) is 32.7 Å². The molecule has 0 saturated heterocycles. The third-order valence-corrected chi connectivity index (χ3v) is 3.45. The van der Waals surface area contributed by atoms with Crippen molar-refractivity contribution in [3.05, 3.63) is 60.2 Å². The van der Waals surface area contributed by atoms with Crippen LogP contribution < -0.4 is 10.1 Å². The first-order valence-corrected chi connectivity index (χ1v) is 7.73. The molecule has 0 aliphatic heterocycles. The number of carbonyl (C=O) groups excluding carboxylic acids is 1. The van der Waals surface area contributed by atoms with Gasteiger partial charge in [-0.1, -0.05) is 31.2 Å². The van der Waals surface area contributed by atoms with Crippen LogP contribution in [0.25, 0.3) is 5.69 Å². The van der Waals surface area contributed by atoms with E-state index in [0.717, 1.165) is 0 Å². The van der Waals surface area contributed by atoms with Crippen molar-refractivity contribution in [3.63, 3.8) is 0 Å². The van der Waals surface area contributed by atoms with Gasteiger partial charge in [-0.3, -0.25) is 4.79 Å². The molecular weight excluding hydrogens is 325 g/mol. The van der Waals surface area contributed by atoms with Crippen molar-refractivity contribution in [2.75, 3.05) is 11.9 Å². The maximum Gasteiger partial charge on any atom is 0.262 e. The summed E-state index contributed by atoms with van der Waals surface area (Å²) in [5, 5.41) is 14.3. The molecule has 0 atom stereocenters. The minimum absolute atomic E-state index is 0.0275. The molecule has 0 bridgehead atoms. The zero-order valence-corrected chi connectivity index (χ0v) is 13.5. The van der Waals surface area contributed by atoms with E-state index in [2.05, 4.69) is 20.8 Å². The second-order valence-electron chi connectivity index (χ2n) is 5.14. The maximum atomic E-state index is 13.5. The number of nitrogens with one attached hydrogen (secondary N) is 1. The van der Waals surface area contributed by atoms with E-state index in [1.807, 2.05) is 13.0 Å². The van der Waals surface area contributed by atoms with E-state index in [4.69, 9.17) is 4.74 Å². The van der Waals surface area contributed by atoms with E-state index >= 15 is 0 Å². The summed E-state index contributed by atoms with van der Waals surface area (Å²) in [6, 6.07) is 13.1. The van der Waals surface area contributed by atoms with Crippen molar-refractivity contribution in [1.29, 1.82) is 0 Å². The summed E-state index contributed by atoms with van der Waals surface area (Å²) >= 11 is 0. The molecule has 1 N–H and O–H groups in total. The Kier molecular flexibility index (Phi) is 4.98. The van der Waals surface area contributed by atoms with Gasteiger partial charge in [0.15, 0.2) is 24.0 Å². The third kappa shape index (κ3) is 3.79. The zero-order chi connectivity index (χ0) is 17.6. The fourth-order valence-electron chi connectivity index (χ4n) is 2.27. The predicted octanol–water partition coefficient (Wildman–Crippen LogP) is 2.38. The van der Waals surface area contributed by atoms with Gasteiger partial charge in [0.1, 0.15) is 0 Å². The van der Waals surface area contributed by atoms with Gasteiger partial charge in [0.05, 0.1) is 11.4 Å². The molecule has 8 heteroatoms. The monoisotopic (exact) mass is 341 g/mol. The molecule has 2 aromatic carbocycles. The minimum atomic E-state index is -0.517. The van der Waals surface area contributed by atoms with Gasteiger partial charge < -0.3 is 10.1 Å². The molecule has 1 heterocycles. The van der Waals surface area contributed by atoms with Gasteiger partial charge in [0.25, 0.3) is 5.91 Å². The molecule has 3 aromatic rings. The number of nitrogens with zero attached hydrogens (tertiary/aromatic N) is 4. The number of amides is 1. The van der Waals surface area contributed by atoms with E-state index in [9.17, 15) is 9.18 Å². The lowest BCUT2D eigenvalue weighted by atomic mass is 10.2. The molecule has 1 amide bonds. The van der Waals surface area contributed by atoms with Gasteiger partial charge in [-0.2, -0.15) is 4.68 Å². The van der Waals surface area contributed by atoms with Crippen molar-refractivity contribution in [1.82, 2.24) is 20.2 Å². The lowest BCUT2D eigenvalue weighted by Crippen LogP contribution is -2.21. The smallest absolute Gasteiger partial charge is 0.262 e. The average molecular weight is 341 g/mol. The quantitative estimate of drug-likeness (QED) is 0.744. The minimum Gasteiger partial charge on any atom is -0.481 e. The van der Waals surface area contributed by atoms with E-state index < -0.39 is 11.7 Å². The number of hydrogen-bond donors (Lipinski definition) is 1. The molecule has 0 radical (unpaired) electrons. The highest BCUT2D eigenvalue weighted by Crippen LogP contribution is 2.20. The Morgan fingerprint density at radius 2 is 1.96 bits per heavy atom. The zero-order valence-electron chi connectivity index (χ0n) is 13.5. The number of tetrazole rings is 1. The van der Waals surface area contributed by atoms with Crippen LogP contribution in [0.15, 0.2) is 48.5 Å². The Labute approximate surface area is 143 Å². The summed E-state index contributed by atoms with van der Waals surface area (Å²) in [6.45, 7) is 1.62. The third-order valence-electron chi connectivity index (χ3n) is 3.45. The Morgan fingerprint density at radius 1 is 1.20 bits per heavy atom. The number of rotatable bonds is 6. The number of aryl methyl sites for hydroxylation is 1. The van der Waals surface area contributed by atoms with E-state index in [-0.39, 0.29) is 12.4 Å². The number of carbonyl (C=O) groups is 1. The molecule has 25 heavy (non-hydrogen) atoms. The van der Waals surface area contributed by atoms with Gasteiger partial charge in [0, 0.05) is 6.42 Å². The SMILES string of the molecule is CCc1nnnn1-c1ccccc1NC(=O)COc1ccccc1F. The lowest BCUT2D eigenvalue weighted by Gasteiger charge is -2.12. The first-order chi connectivity index (χ1) is 12.2. The Bertz CT molecular complexity index is 881. The van der Waals surface area contributed by atoms with Gasteiger partial charge in [-0.25, -0.2) is 4.39 Å². The molecule has 0 aliphatic carbocycles. The van der Waals surface area contributed by atoms with Crippen LogP contribution in [0.3, 0.4) is 0 Å². The van der Waals surface area contributed by atoms with Crippen molar-refractivity contribution in [2.45, 2.75) is 13.3 Å². The van der Waals surface area contributed by atoms with Crippen molar-refractivity contribution < 1.29 is 13.9 Å². The Balaban J connectivity index is 1.73. The highest BCUT2D eigenvalue weighted by Gasteiger charge is 2.13. The first-order valence-electron chi connectivity index (χ1n) is 7.73. The standard InChI is InChI=1S/C17H16FN5O2/c1-2-16-20-21-22-23(16)14-9-5-4-8-13(14)19-17(24)11-25-15-10-6-3-7-12(15)18/h3-10H,2,11H2,1H3,(H,19,24). The number of benzene rings is 2. The number of aromatic nitrogens is 4. The molecule has 0 unspecified atom stereocenters. The van der Waals surface area contributed by atoms with Crippen molar-refractivity contribution >= 4 is 11.6 Å². The number of anilines is 1. The van der Waals surface area contributed by atoms with Crippen LogP contribution in [0.5, 0.6) is 5.75 Å². The first kappa shape index (κ1) is 16.6. The van der Waals surface area contributed by atoms with Crippen molar-refractivity contribution in [3.8, 4) is 11.4 Å². The van der Waals surface area contributed by atoms with Crippen molar-refractivity contribution in [2.24, 2.45) is 0 Å². The second-order valence-corrected chi connectivity index (χ2v) is 5.14. The van der Waals surface area contributed by atoms with E-state index in [0.29, 0.717) is 23.6 Å². The number of halogens is 1. The van der Waals surface area contributed by atoms with Gasteiger partial charge in [0.2, 0.25) is 0 Å². The molecule has 1 aromatic heterocycles. The Hall–Kier alpha value is -3.29. The molecule has 3 rings (SSSR count). The summed E-state index contributed by atoms with van der Waals surface area (Å²) in [6.07, 6.45) is 0.645. The van der Waals surface area contributed by atoms with Crippen LogP contribution in [0.4, 0.5) is 10.1 Å². The van der Waals surface area contributed by atoms with Crippen LogP contribution in [0.2, 0.25) is 0 Å². The van der Waals surface area contributed by atoms with Gasteiger partial charge in [-0.05, 0) is 34.7 Å². The fourth-order valence-corrected chi connectivity index (χ4v) is 2.27. The van der Waals surface area contributed by atoms with Gasteiger partial charge >= 0.3 is 0 Å². The molecule has 7 nitrogen and oxygen atoms in total. The van der Waals surface area contributed by atoms with Crippen LogP contribution >= 0.6 is 0 Å². The predicted molar refractivity (Wildman–Crippen MR) is 89.1 cm³/mol. The van der Waals surface area contributed by atoms with Crippen LogP contribution in [-0.2, 0) is 11.2 Å².